The van der Waals surface area contributed by atoms with Crippen LogP contribution in [-0.2, 0) is 9.53 Å². The predicted octanol–water partition coefficient (Wildman–Crippen LogP) is 2.71. The predicted molar refractivity (Wildman–Crippen MR) is 120 cm³/mol. The Hall–Kier alpha value is -2.31. The van der Waals surface area contributed by atoms with Crippen molar-refractivity contribution >= 4 is 27.7 Å². The quantitative estimate of drug-likeness (QED) is 0.253. The van der Waals surface area contributed by atoms with Crippen molar-refractivity contribution in [1.29, 1.82) is 0 Å². The number of rotatable bonds is 14. The maximum atomic E-state index is 12.4. The topological polar surface area (TPSA) is 103 Å². The average Bonchev–Trinajstić information content (AvgIpc) is 2.78. The molecule has 3 N–H and O–H groups in total. The zero-order chi connectivity index (χ0) is 23.5. The summed E-state index contributed by atoms with van der Waals surface area (Å²) in [7, 11) is 1.84. The molecule has 1 aromatic rings. The molecule has 0 amide bonds. The zero-order valence-corrected chi connectivity index (χ0v) is 19.5. The van der Waals surface area contributed by atoms with E-state index in [1.165, 1.54) is 12.5 Å². The van der Waals surface area contributed by atoms with Crippen LogP contribution in [0.3, 0.4) is 0 Å². The summed E-state index contributed by atoms with van der Waals surface area (Å²) in [6, 6.07) is -0.925. The van der Waals surface area contributed by atoms with Crippen LogP contribution in [0, 0.1) is 0 Å². The lowest BCUT2D eigenvalue weighted by atomic mass is 10.1. The number of hydrazine groups is 1. The van der Waals surface area contributed by atoms with Crippen LogP contribution in [0.15, 0.2) is 41.0 Å². The SMILES string of the molecule is C=CC1=C(N(C)N(CCOCC(F)F)CC[C@H](Nc2ncncc2Br)C(=O)O)NCCC1. The Bertz CT molecular complexity index is 798. The fraction of sp³-hybridized carbons (Fsp3) is 0.550. The minimum absolute atomic E-state index is 0.0774. The molecule has 0 saturated heterocycles. The maximum absolute atomic E-state index is 12.4. The molecule has 2 rings (SSSR count). The number of allylic oxidation sites excluding steroid dienone is 2. The standard InChI is InChI=1S/C20H29BrF2N6O3/c1-3-14-5-4-7-25-19(14)28(2)29(9-10-32-12-17(22)23)8-6-16(20(30)31)27-18-15(21)11-24-13-26-18/h3,11,13,16-17,25H,1,4-10,12H2,2H3,(H,30,31)(H,24,26,27)/t16-/m0/s1. The number of nitrogens with zero attached hydrogens (tertiary/aromatic N) is 4. The van der Waals surface area contributed by atoms with Gasteiger partial charge in [-0.2, -0.15) is 0 Å². The minimum Gasteiger partial charge on any atom is -0.480 e. The van der Waals surface area contributed by atoms with Gasteiger partial charge < -0.3 is 20.5 Å². The van der Waals surface area contributed by atoms with Crippen LogP contribution in [0.2, 0.25) is 0 Å². The van der Waals surface area contributed by atoms with E-state index in [1.807, 2.05) is 17.1 Å². The third kappa shape index (κ3) is 7.99. The van der Waals surface area contributed by atoms with Gasteiger partial charge in [0.2, 0.25) is 0 Å². The van der Waals surface area contributed by atoms with Crippen LogP contribution in [0.5, 0.6) is 0 Å². The second kappa shape index (κ2) is 13.3. The summed E-state index contributed by atoms with van der Waals surface area (Å²) in [5.74, 6) is 0.200. The molecule has 0 radical (unpaired) electrons. The third-order valence-electron chi connectivity index (χ3n) is 4.90. The molecular formula is C20H29BrF2N6O3. The van der Waals surface area contributed by atoms with Crippen LogP contribution in [0.4, 0.5) is 14.6 Å². The molecule has 9 nitrogen and oxygen atoms in total. The largest absolute Gasteiger partial charge is 0.480 e. The molecule has 0 saturated carbocycles. The van der Waals surface area contributed by atoms with E-state index in [0.29, 0.717) is 23.4 Å². The van der Waals surface area contributed by atoms with Gasteiger partial charge in [-0.3, -0.25) is 5.01 Å². The highest BCUT2D eigenvalue weighted by molar-refractivity contribution is 9.10. The summed E-state index contributed by atoms with van der Waals surface area (Å²) in [4.78, 5) is 19.8. The van der Waals surface area contributed by atoms with Crippen LogP contribution >= 0.6 is 15.9 Å². The second-order valence-electron chi connectivity index (χ2n) is 7.09. The second-order valence-corrected chi connectivity index (χ2v) is 7.95. The Morgan fingerprint density at radius 2 is 2.28 bits per heavy atom. The molecule has 1 aliphatic heterocycles. The van der Waals surface area contributed by atoms with Crippen LogP contribution in [-0.4, -0.2) is 83.4 Å². The number of aromatic nitrogens is 2. The Kier molecular flexibility index (Phi) is 10.8. The van der Waals surface area contributed by atoms with E-state index in [2.05, 4.69) is 43.1 Å². The molecule has 0 unspecified atom stereocenters. The number of carboxylic acid groups (broad SMARTS) is 1. The molecule has 0 bridgehead atoms. The smallest absolute Gasteiger partial charge is 0.326 e. The van der Waals surface area contributed by atoms with Crippen molar-refractivity contribution < 1.29 is 23.4 Å². The first-order chi connectivity index (χ1) is 15.3. The van der Waals surface area contributed by atoms with Gasteiger partial charge in [-0.05, 0) is 40.8 Å². The van der Waals surface area contributed by atoms with Crippen molar-refractivity contribution in [3.8, 4) is 0 Å². The number of carbonyl (C=O) groups is 1. The van der Waals surface area contributed by atoms with Crippen molar-refractivity contribution in [2.24, 2.45) is 0 Å². The Balaban J connectivity index is 2.11. The van der Waals surface area contributed by atoms with Crippen molar-refractivity contribution in [1.82, 2.24) is 25.3 Å². The van der Waals surface area contributed by atoms with Crippen LogP contribution < -0.4 is 10.6 Å². The number of nitrogens with one attached hydrogen (secondary N) is 2. The molecule has 2 heterocycles. The van der Waals surface area contributed by atoms with E-state index in [4.69, 9.17) is 4.74 Å². The van der Waals surface area contributed by atoms with Crippen molar-refractivity contribution in [2.75, 3.05) is 45.2 Å². The number of hydrogen-bond acceptors (Lipinski definition) is 8. The summed E-state index contributed by atoms with van der Waals surface area (Å²) in [6.45, 7) is 4.74. The molecule has 1 aromatic heterocycles. The molecule has 1 atom stereocenters. The highest BCUT2D eigenvalue weighted by Gasteiger charge is 2.24. The van der Waals surface area contributed by atoms with Crippen LogP contribution in [0.25, 0.3) is 0 Å². The summed E-state index contributed by atoms with van der Waals surface area (Å²) in [5.41, 5.74) is 1.04. The normalized spacial score (nSPS) is 14.9. The van der Waals surface area contributed by atoms with Gasteiger partial charge in [0.25, 0.3) is 6.43 Å². The molecular weight excluding hydrogens is 490 g/mol. The Morgan fingerprint density at radius 3 is 2.94 bits per heavy atom. The van der Waals surface area contributed by atoms with Crippen molar-refractivity contribution in [2.45, 2.75) is 31.7 Å². The number of halogens is 3. The van der Waals surface area contributed by atoms with Crippen molar-refractivity contribution in [3.63, 3.8) is 0 Å². The maximum Gasteiger partial charge on any atom is 0.326 e. The average molecular weight is 519 g/mol. The summed E-state index contributed by atoms with van der Waals surface area (Å²) < 4.78 is 30.4. The molecule has 12 heteroatoms. The number of ether oxygens (including phenoxy) is 1. The molecule has 178 valence electrons. The molecule has 0 spiro atoms. The molecule has 32 heavy (non-hydrogen) atoms. The fourth-order valence-electron chi connectivity index (χ4n) is 3.25. The first-order valence-electron chi connectivity index (χ1n) is 10.2. The number of carboxylic acids is 1. The monoisotopic (exact) mass is 518 g/mol. The number of aliphatic carboxylic acids is 1. The highest BCUT2D eigenvalue weighted by Crippen LogP contribution is 2.21. The first kappa shape index (κ1) is 25.9. The van der Waals surface area contributed by atoms with E-state index in [-0.39, 0.29) is 13.0 Å². The van der Waals surface area contributed by atoms with Gasteiger partial charge in [0.1, 0.15) is 30.6 Å². The fourth-order valence-corrected chi connectivity index (χ4v) is 3.59. The number of hydrogen-bond donors (Lipinski definition) is 3. The summed E-state index contributed by atoms with van der Waals surface area (Å²) in [5, 5.41) is 19.7. The van der Waals surface area contributed by atoms with Gasteiger partial charge in [0, 0.05) is 32.9 Å². The van der Waals surface area contributed by atoms with Gasteiger partial charge in [-0.15, -0.1) is 0 Å². The number of anilines is 1. The van der Waals surface area contributed by atoms with Crippen molar-refractivity contribution in [3.05, 3.63) is 41.0 Å². The highest BCUT2D eigenvalue weighted by atomic mass is 79.9. The number of alkyl halides is 2. The minimum atomic E-state index is -2.54. The third-order valence-corrected chi connectivity index (χ3v) is 5.48. The summed E-state index contributed by atoms with van der Waals surface area (Å²) in [6.07, 6.45) is 4.17. The Labute approximate surface area is 194 Å². The molecule has 0 aromatic carbocycles. The van der Waals surface area contributed by atoms with Gasteiger partial charge >= 0.3 is 5.97 Å². The molecule has 0 aliphatic carbocycles. The van der Waals surface area contributed by atoms with Gasteiger partial charge in [0.05, 0.1) is 11.1 Å². The van der Waals surface area contributed by atoms with Gasteiger partial charge in [-0.1, -0.05) is 12.7 Å². The molecule has 1 aliphatic rings. The van der Waals surface area contributed by atoms with Gasteiger partial charge in [0.15, 0.2) is 0 Å². The lowest BCUT2D eigenvalue weighted by molar-refractivity contribution is -0.138. The lowest BCUT2D eigenvalue weighted by Crippen LogP contribution is -2.48. The van der Waals surface area contributed by atoms with Crippen LogP contribution in [0.1, 0.15) is 19.3 Å². The molecule has 0 fully saturated rings. The van der Waals surface area contributed by atoms with E-state index in [9.17, 15) is 18.7 Å². The Morgan fingerprint density at radius 1 is 1.50 bits per heavy atom. The van der Waals surface area contributed by atoms with E-state index in [0.717, 1.165) is 30.8 Å². The summed E-state index contributed by atoms with van der Waals surface area (Å²) >= 11 is 3.30. The zero-order valence-electron chi connectivity index (χ0n) is 17.9. The van der Waals surface area contributed by atoms with E-state index >= 15 is 0 Å². The first-order valence-corrected chi connectivity index (χ1v) is 11.0. The van der Waals surface area contributed by atoms with E-state index < -0.39 is 25.0 Å². The van der Waals surface area contributed by atoms with Gasteiger partial charge in [-0.25, -0.2) is 28.6 Å². The lowest BCUT2D eigenvalue weighted by Gasteiger charge is -2.38. The van der Waals surface area contributed by atoms with E-state index in [1.54, 1.807) is 6.08 Å².